The number of aryl methyl sites for hydroxylation is 1. The first kappa shape index (κ1) is 23.6. The highest BCUT2D eigenvalue weighted by Gasteiger charge is 2.41. The second-order valence-corrected chi connectivity index (χ2v) is 7.61. The summed E-state index contributed by atoms with van der Waals surface area (Å²) in [5, 5.41) is 0.00881. The molecular formula is C17H26Cl2F2N4O2. The van der Waals surface area contributed by atoms with E-state index in [1.54, 1.807) is 27.7 Å². The summed E-state index contributed by atoms with van der Waals surface area (Å²) < 4.78 is 33.9. The highest BCUT2D eigenvalue weighted by Crippen LogP contribution is 2.32. The zero-order valence-electron chi connectivity index (χ0n) is 16.4. The zero-order chi connectivity index (χ0) is 21.0. The number of ether oxygens (including phenoxy) is 1. The second kappa shape index (κ2) is 9.19. The Bertz CT molecular complexity index is 669. The van der Waals surface area contributed by atoms with Crippen LogP contribution in [0.25, 0.3) is 0 Å². The Kier molecular flexibility index (Phi) is 8.04. The topological polar surface area (TPSA) is 58.6 Å². The number of rotatable bonds is 1. The number of aromatic nitrogens is 2. The Morgan fingerprint density at radius 1 is 1.15 bits per heavy atom. The van der Waals surface area contributed by atoms with Crippen molar-refractivity contribution in [3.8, 4) is 0 Å². The fourth-order valence-corrected chi connectivity index (χ4v) is 2.80. The maximum atomic E-state index is 14.4. The highest BCUT2D eigenvalue weighted by molar-refractivity contribution is 6.42. The van der Waals surface area contributed by atoms with Gasteiger partial charge in [0.1, 0.15) is 16.4 Å². The third-order valence-corrected chi connectivity index (χ3v) is 4.06. The van der Waals surface area contributed by atoms with Crippen LogP contribution in [0.3, 0.4) is 0 Å². The smallest absolute Gasteiger partial charge is 0.410 e. The number of carbonyl (C=O) groups excluding carboxylic acids is 1. The Hall–Kier alpha value is -1.41. The van der Waals surface area contributed by atoms with Crippen molar-refractivity contribution in [3.05, 3.63) is 16.0 Å². The molecule has 0 aromatic carbocycles. The van der Waals surface area contributed by atoms with Crippen LogP contribution < -0.4 is 4.90 Å². The van der Waals surface area contributed by atoms with E-state index >= 15 is 0 Å². The predicted octanol–water partition coefficient (Wildman–Crippen LogP) is 4.81. The van der Waals surface area contributed by atoms with Crippen molar-refractivity contribution in [1.29, 1.82) is 0 Å². The fraction of sp³-hybridized carbons (Fsp3) is 0.706. The molecule has 0 N–H and O–H groups in total. The summed E-state index contributed by atoms with van der Waals surface area (Å²) in [5.41, 5.74) is -0.765. The molecule has 1 saturated heterocycles. The van der Waals surface area contributed by atoms with E-state index in [1.165, 1.54) is 4.90 Å². The third-order valence-electron chi connectivity index (χ3n) is 3.34. The van der Waals surface area contributed by atoms with Crippen molar-refractivity contribution in [2.45, 2.75) is 53.1 Å². The van der Waals surface area contributed by atoms with E-state index < -0.39 is 30.7 Å². The van der Waals surface area contributed by atoms with Gasteiger partial charge in [-0.15, -0.1) is 0 Å². The molecule has 1 aromatic heterocycles. The molecule has 0 radical (unpaired) electrons. The van der Waals surface area contributed by atoms with Gasteiger partial charge in [-0.3, -0.25) is 0 Å². The molecule has 0 aliphatic carbocycles. The van der Waals surface area contributed by atoms with Crippen molar-refractivity contribution in [2.75, 3.05) is 31.1 Å². The lowest BCUT2D eigenvalue weighted by Crippen LogP contribution is -2.44. The Morgan fingerprint density at radius 2 is 1.74 bits per heavy atom. The Balaban J connectivity index is 0.00000176. The number of anilines is 1. The number of carbonyl (C=O) groups is 1. The molecule has 0 spiro atoms. The highest BCUT2D eigenvalue weighted by atomic mass is 35.5. The summed E-state index contributed by atoms with van der Waals surface area (Å²) in [6.45, 7) is 9.40. The normalized spacial score (nSPS) is 17.0. The molecule has 27 heavy (non-hydrogen) atoms. The van der Waals surface area contributed by atoms with Crippen LogP contribution in [0.15, 0.2) is 0 Å². The molecule has 2 heterocycles. The lowest BCUT2D eigenvalue weighted by atomic mass is 10.2. The van der Waals surface area contributed by atoms with Gasteiger partial charge in [0.25, 0.3) is 5.92 Å². The average Bonchev–Trinajstić information content (AvgIpc) is 2.69. The Labute approximate surface area is 168 Å². The molecular weight excluding hydrogens is 401 g/mol. The molecule has 10 heteroatoms. The lowest BCUT2D eigenvalue weighted by molar-refractivity contribution is -0.0285. The van der Waals surface area contributed by atoms with Crippen LogP contribution >= 0.6 is 23.2 Å². The van der Waals surface area contributed by atoms with Gasteiger partial charge < -0.3 is 14.5 Å². The minimum absolute atomic E-state index is 0.000674. The van der Waals surface area contributed by atoms with Gasteiger partial charge in [0.2, 0.25) is 0 Å². The van der Waals surface area contributed by atoms with E-state index in [-0.39, 0.29) is 29.1 Å². The van der Waals surface area contributed by atoms with Crippen LogP contribution in [-0.4, -0.2) is 58.7 Å². The summed E-state index contributed by atoms with van der Waals surface area (Å²) in [6, 6.07) is 0. The van der Waals surface area contributed by atoms with Gasteiger partial charge in [-0.2, -0.15) is 0 Å². The van der Waals surface area contributed by atoms with E-state index in [9.17, 15) is 13.6 Å². The quantitative estimate of drug-likeness (QED) is 0.602. The van der Waals surface area contributed by atoms with Crippen molar-refractivity contribution < 1.29 is 18.3 Å². The number of nitrogens with zero attached hydrogens (tertiary/aromatic N) is 4. The van der Waals surface area contributed by atoms with Gasteiger partial charge in [-0.05, 0) is 27.7 Å². The maximum Gasteiger partial charge on any atom is 0.410 e. The SMILES string of the molecule is CC.Cc1nc(Cl)c(Cl)c(N2CCN(C(=O)OC(C)(C)C)CC(F)(F)C2)n1. The first-order valence-corrected chi connectivity index (χ1v) is 9.44. The van der Waals surface area contributed by atoms with Crippen LogP contribution in [0.5, 0.6) is 0 Å². The van der Waals surface area contributed by atoms with E-state index in [1.807, 2.05) is 13.8 Å². The van der Waals surface area contributed by atoms with Gasteiger partial charge in [0.05, 0.1) is 13.1 Å². The molecule has 0 atom stereocenters. The first-order chi connectivity index (χ1) is 12.4. The summed E-state index contributed by atoms with van der Waals surface area (Å²) in [5.74, 6) is -2.71. The van der Waals surface area contributed by atoms with Crippen molar-refractivity contribution in [2.24, 2.45) is 0 Å². The summed E-state index contributed by atoms with van der Waals surface area (Å²) in [6.07, 6.45) is -0.781. The number of alkyl halides is 2. The van der Waals surface area contributed by atoms with Crippen LogP contribution in [0.4, 0.5) is 19.4 Å². The zero-order valence-corrected chi connectivity index (χ0v) is 18.0. The van der Waals surface area contributed by atoms with Crippen molar-refractivity contribution in [3.63, 3.8) is 0 Å². The molecule has 1 aromatic rings. The average molecular weight is 427 g/mol. The van der Waals surface area contributed by atoms with Gasteiger partial charge in [-0.1, -0.05) is 37.0 Å². The van der Waals surface area contributed by atoms with Crippen molar-refractivity contribution >= 4 is 35.1 Å². The number of hydrogen-bond acceptors (Lipinski definition) is 5. The molecule has 154 valence electrons. The first-order valence-electron chi connectivity index (χ1n) is 8.68. The standard InChI is InChI=1S/C15H20Cl2F2N4O2.C2H6/c1-9-20-11(17)10(16)12(21-9)22-5-6-23(8-15(18,19)7-22)13(24)25-14(2,3)4;1-2/h5-8H2,1-4H3;1-2H3. The number of halogens is 4. The molecule has 1 amide bonds. The fourth-order valence-electron chi connectivity index (χ4n) is 2.39. The molecule has 0 bridgehead atoms. The minimum atomic E-state index is -3.16. The molecule has 2 rings (SSSR count). The monoisotopic (exact) mass is 426 g/mol. The summed E-state index contributed by atoms with van der Waals surface area (Å²) in [7, 11) is 0. The molecule has 1 aliphatic rings. The van der Waals surface area contributed by atoms with Gasteiger partial charge in [0.15, 0.2) is 11.0 Å². The van der Waals surface area contributed by atoms with Gasteiger partial charge in [0, 0.05) is 13.1 Å². The third kappa shape index (κ3) is 6.92. The predicted molar refractivity (Wildman–Crippen MR) is 103 cm³/mol. The molecule has 0 saturated carbocycles. The van der Waals surface area contributed by atoms with E-state index in [0.29, 0.717) is 5.82 Å². The maximum absolute atomic E-state index is 14.4. The number of amides is 1. The number of hydrogen-bond donors (Lipinski definition) is 0. The summed E-state index contributed by atoms with van der Waals surface area (Å²) >= 11 is 12.0. The van der Waals surface area contributed by atoms with E-state index in [0.717, 1.165) is 4.90 Å². The van der Waals surface area contributed by atoms with E-state index in [2.05, 4.69) is 9.97 Å². The van der Waals surface area contributed by atoms with Crippen LogP contribution in [0.1, 0.15) is 40.4 Å². The molecule has 1 fully saturated rings. The van der Waals surface area contributed by atoms with Gasteiger partial charge >= 0.3 is 6.09 Å². The summed E-state index contributed by atoms with van der Waals surface area (Å²) in [4.78, 5) is 22.5. The van der Waals surface area contributed by atoms with Crippen LogP contribution in [-0.2, 0) is 4.74 Å². The molecule has 0 unspecified atom stereocenters. The molecule has 1 aliphatic heterocycles. The van der Waals surface area contributed by atoms with Gasteiger partial charge in [-0.25, -0.2) is 23.5 Å². The minimum Gasteiger partial charge on any atom is -0.444 e. The Morgan fingerprint density at radius 3 is 2.30 bits per heavy atom. The molecule has 6 nitrogen and oxygen atoms in total. The second-order valence-electron chi connectivity index (χ2n) is 6.88. The largest absolute Gasteiger partial charge is 0.444 e. The van der Waals surface area contributed by atoms with Crippen LogP contribution in [0, 0.1) is 6.92 Å². The lowest BCUT2D eigenvalue weighted by Gasteiger charge is -2.27. The van der Waals surface area contributed by atoms with Crippen LogP contribution in [0.2, 0.25) is 10.2 Å². The van der Waals surface area contributed by atoms with E-state index in [4.69, 9.17) is 27.9 Å². The van der Waals surface area contributed by atoms with Crippen molar-refractivity contribution in [1.82, 2.24) is 14.9 Å².